The molecule has 1 fully saturated rings. The lowest BCUT2D eigenvalue weighted by Gasteiger charge is -2.32. The Morgan fingerprint density at radius 3 is 2.61 bits per heavy atom. The first-order chi connectivity index (χ1) is 15.0. The van der Waals surface area contributed by atoms with Gasteiger partial charge in [0.25, 0.3) is 0 Å². The fraction of sp³-hybridized carbons (Fsp3) is 0.643. The largest absolute Gasteiger partial charge is 0.507 e. The first-order valence-corrected chi connectivity index (χ1v) is 12.4. The highest BCUT2D eigenvalue weighted by Gasteiger charge is 2.30. The molecule has 2 unspecified atom stereocenters. The number of allylic oxidation sites excluding steroid dienone is 3. The van der Waals surface area contributed by atoms with E-state index in [2.05, 4.69) is 39.5 Å². The lowest BCUT2D eigenvalue weighted by Crippen LogP contribution is -2.21. The van der Waals surface area contributed by atoms with Crippen molar-refractivity contribution < 1.29 is 14.6 Å². The molecular weight excluding hydrogens is 384 g/mol. The predicted molar refractivity (Wildman–Crippen MR) is 129 cm³/mol. The second kappa shape index (κ2) is 11.8. The molecule has 0 radical (unpaired) electrons. The molecule has 2 aliphatic rings. The highest BCUT2D eigenvalue weighted by atomic mass is 16.7. The molecule has 3 rings (SSSR count). The van der Waals surface area contributed by atoms with Crippen molar-refractivity contribution in [3.8, 4) is 11.5 Å². The van der Waals surface area contributed by atoms with Crippen molar-refractivity contribution >= 4 is 0 Å². The van der Waals surface area contributed by atoms with Crippen LogP contribution in [0.5, 0.6) is 11.5 Å². The van der Waals surface area contributed by atoms with Gasteiger partial charge in [-0.2, -0.15) is 0 Å². The lowest BCUT2D eigenvalue weighted by atomic mass is 9.73. The zero-order chi connectivity index (χ0) is 22.2. The minimum absolute atomic E-state index is 0.0978. The van der Waals surface area contributed by atoms with E-state index in [0.717, 1.165) is 55.4 Å². The second-order valence-corrected chi connectivity index (χ2v) is 9.70. The van der Waals surface area contributed by atoms with Crippen LogP contribution in [0.15, 0.2) is 35.9 Å². The van der Waals surface area contributed by atoms with Gasteiger partial charge in [0.2, 0.25) is 0 Å². The smallest absolute Gasteiger partial charge is 0.189 e. The number of ether oxygens (including phenoxy) is 2. The molecule has 0 amide bonds. The molecule has 172 valence electrons. The van der Waals surface area contributed by atoms with Gasteiger partial charge >= 0.3 is 0 Å². The summed E-state index contributed by atoms with van der Waals surface area (Å²) in [5.41, 5.74) is 4.59. The van der Waals surface area contributed by atoms with E-state index < -0.39 is 0 Å². The van der Waals surface area contributed by atoms with Crippen molar-refractivity contribution in [2.75, 3.05) is 6.79 Å². The number of hydrogen-bond donors (Lipinski definition) is 1. The Morgan fingerprint density at radius 2 is 1.90 bits per heavy atom. The maximum Gasteiger partial charge on any atom is 0.189 e. The van der Waals surface area contributed by atoms with Gasteiger partial charge in [-0.3, -0.25) is 0 Å². The molecule has 3 nitrogen and oxygen atoms in total. The number of unbranched alkanes of at least 4 members (excludes halogenated alkanes) is 2. The van der Waals surface area contributed by atoms with E-state index in [1.165, 1.54) is 43.3 Å². The summed E-state index contributed by atoms with van der Waals surface area (Å²) < 4.78 is 12.3. The van der Waals surface area contributed by atoms with Crippen molar-refractivity contribution in [3.05, 3.63) is 47.1 Å². The molecule has 0 saturated heterocycles. The van der Waals surface area contributed by atoms with Crippen LogP contribution in [0.3, 0.4) is 0 Å². The SMILES string of the molecule is C=C(C)C1CCC(C)=CC1c1c(O)cc(CCCCC)cc1OCOC1CCCCC1. The van der Waals surface area contributed by atoms with Crippen molar-refractivity contribution in [1.29, 1.82) is 0 Å². The van der Waals surface area contributed by atoms with Crippen LogP contribution in [-0.4, -0.2) is 18.0 Å². The molecule has 3 heteroatoms. The fourth-order valence-electron chi connectivity index (χ4n) is 5.18. The summed E-state index contributed by atoms with van der Waals surface area (Å²) >= 11 is 0. The van der Waals surface area contributed by atoms with E-state index in [4.69, 9.17) is 9.47 Å². The summed E-state index contributed by atoms with van der Waals surface area (Å²) in [4.78, 5) is 0. The summed E-state index contributed by atoms with van der Waals surface area (Å²) in [5, 5.41) is 11.1. The molecule has 1 saturated carbocycles. The minimum Gasteiger partial charge on any atom is -0.507 e. The molecule has 0 bridgehead atoms. The number of aryl methyl sites for hydroxylation is 1. The highest BCUT2D eigenvalue weighted by molar-refractivity contribution is 5.52. The predicted octanol–water partition coefficient (Wildman–Crippen LogP) is 7.83. The van der Waals surface area contributed by atoms with Gasteiger partial charge in [0.05, 0.1) is 6.10 Å². The number of phenolic OH excluding ortho intramolecular Hbond substituents is 1. The maximum absolute atomic E-state index is 11.1. The van der Waals surface area contributed by atoms with Crippen LogP contribution in [0.25, 0.3) is 0 Å². The van der Waals surface area contributed by atoms with Gasteiger partial charge in [-0.05, 0) is 76.0 Å². The fourth-order valence-corrected chi connectivity index (χ4v) is 5.18. The Bertz CT molecular complexity index is 758. The van der Waals surface area contributed by atoms with Crippen molar-refractivity contribution in [2.24, 2.45) is 5.92 Å². The summed E-state index contributed by atoms with van der Waals surface area (Å²) in [6.45, 7) is 11.0. The Labute approximate surface area is 189 Å². The first kappa shape index (κ1) is 23.9. The van der Waals surface area contributed by atoms with Crippen LogP contribution in [0.1, 0.15) is 102 Å². The number of aromatic hydroxyl groups is 1. The van der Waals surface area contributed by atoms with Crippen molar-refractivity contribution in [3.63, 3.8) is 0 Å². The summed E-state index contributed by atoms with van der Waals surface area (Å²) in [6, 6.07) is 4.09. The number of hydrogen-bond acceptors (Lipinski definition) is 3. The van der Waals surface area contributed by atoms with Gasteiger partial charge in [0.1, 0.15) is 11.5 Å². The number of phenols is 1. The molecule has 0 spiro atoms. The van der Waals surface area contributed by atoms with Crippen LogP contribution < -0.4 is 4.74 Å². The molecule has 2 aliphatic carbocycles. The maximum atomic E-state index is 11.1. The molecule has 1 N–H and O–H groups in total. The highest BCUT2D eigenvalue weighted by Crippen LogP contribution is 2.47. The van der Waals surface area contributed by atoms with Gasteiger partial charge in [-0.25, -0.2) is 0 Å². The average Bonchev–Trinajstić information content (AvgIpc) is 2.74. The topological polar surface area (TPSA) is 38.7 Å². The third kappa shape index (κ3) is 6.62. The molecule has 0 aromatic heterocycles. The monoisotopic (exact) mass is 426 g/mol. The minimum atomic E-state index is 0.0978. The van der Waals surface area contributed by atoms with Crippen LogP contribution >= 0.6 is 0 Å². The van der Waals surface area contributed by atoms with Gasteiger partial charge in [0.15, 0.2) is 6.79 Å². The quantitative estimate of drug-likeness (QED) is 0.235. The second-order valence-electron chi connectivity index (χ2n) is 9.70. The normalized spacial score (nSPS) is 22.2. The third-order valence-electron chi connectivity index (χ3n) is 7.03. The van der Waals surface area contributed by atoms with Gasteiger partial charge < -0.3 is 14.6 Å². The molecule has 1 aromatic carbocycles. The molecule has 0 heterocycles. The van der Waals surface area contributed by atoms with Crippen molar-refractivity contribution in [1.82, 2.24) is 0 Å². The Hall–Kier alpha value is -1.74. The molecule has 0 aliphatic heterocycles. The van der Waals surface area contributed by atoms with Crippen molar-refractivity contribution in [2.45, 2.75) is 103 Å². The summed E-state index contributed by atoms with van der Waals surface area (Å²) in [7, 11) is 0. The lowest BCUT2D eigenvalue weighted by molar-refractivity contribution is -0.0502. The van der Waals surface area contributed by atoms with Crippen LogP contribution in [0.2, 0.25) is 0 Å². The van der Waals surface area contributed by atoms with Crippen LogP contribution in [0.4, 0.5) is 0 Å². The number of benzene rings is 1. The standard InChI is InChI=1S/C28H42O3/c1-5-6-8-11-22-17-26(29)28(25-16-21(4)14-15-24(25)20(2)3)27(18-22)31-19-30-23-12-9-7-10-13-23/h16-18,23-25,29H,2,5-15,19H2,1,3-4H3. The average molecular weight is 427 g/mol. The molecular formula is C28H42O3. The van der Waals surface area contributed by atoms with Gasteiger partial charge in [-0.1, -0.05) is 62.8 Å². The van der Waals surface area contributed by atoms with E-state index >= 15 is 0 Å². The zero-order valence-corrected chi connectivity index (χ0v) is 19.9. The molecule has 31 heavy (non-hydrogen) atoms. The first-order valence-electron chi connectivity index (χ1n) is 12.4. The molecule has 1 aromatic rings. The van der Waals surface area contributed by atoms with Crippen LogP contribution in [-0.2, 0) is 11.2 Å². The van der Waals surface area contributed by atoms with E-state index in [-0.39, 0.29) is 12.7 Å². The van der Waals surface area contributed by atoms with E-state index in [1.54, 1.807) is 0 Å². The van der Waals surface area contributed by atoms with E-state index in [1.807, 2.05) is 6.07 Å². The third-order valence-corrected chi connectivity index (χ3v) is 7.03. The van der Waals surface area contributed by atoms with E-state index in [9.17, 15) is 5.11 Å². The Balaban J connectivity index is 1.86. The number of rotatable bonds is 10. The van der Waals surface area contributed by atoms with E-state index in [0.29, 0.717) is 17.8 Å². The molecule has 2 atom stereocenters. The van der Waals surface area contributed by atoms with Gasteiger partial charge in [-0.15, -0.1) is 0 Å². The zero-order valence-electron chi connectivity index (χ0n) is 19.9. The summed E-state index contributed by atoms with van der Waals surface area (Å²) in [5.74, 6) is 1.55. The van der Waals surface area contributed by atoms with Crippen LogP contribution in [0, 0.1) is 5.92 Å². The Morgan fingerprint density at radius 1 is 1.13 bits per heavy atom. The Kier molecular flexibility index (Phi) is 9.07. The summed E-state index contributed by atoms with van der Waals surface area (Å²) in [6.07, 6.45) is 15.3. The van der Waals surface area contributed by atoms with Gasteiger partial charge in [0, 0.05) is 11.5 Å².